The van der Waals surface area contributed by atoms with Crippen LogP contribution in [0.3, 0.4) is 0 Å². The summed E-state index contributed by atoms with van der Waals surface area (Å²) in [6.45, 7) is 0.670. The van der Waals surface area contributed by atoms with Crippen molar-refractivity contribution in [3.8, 4) is 5.75 Å². The van der Waals surface area contributed by atoms with E-state index < -0.39 is 0 Å². The number of hydrogen-bond acceptors (Lipinski definition) is 3. The molecule has 0 spiro atoms. The Bertz CT molecular complexity index is 335. The number of benzene rings is 1. The Labute approximate surface area is 105 Å². The molecule has 0 aliphatic carbocycles. The van der Waals surface area contributed by atoms with Gasteiger partial charge in [-0.05, 0) is 37.1 Å². The lowest BCUT2D eigenvalue weighted by Crippen LogP contribution is -2.11. The van der Waals surface area contributed by atoms with Gasteiger partial charge in [-0.15, -0.1) is 0 Å². The van der Waals surface area contributed by atoms with Crippen molar-refractivity contribution < 1.29 is 5.11 Å². The third-order valence-electron chi connectivity index (χ3n) is 2.44. The molecule has 3 nitrogen and oxygen atoms in total. The van der Waals surface area contributed by atoms with Gasteiger partial charge in [0.05, 0.1) is 10.0 Å². The molecule has 0 aliphatic heterocycles. The number of nitrogens with two attached hydrogens (primary N) is 2. The summed E-state index contributed by atoms with van der Waals surface area (Å²) < 4.78 is 0. The van der Waals surface area contributed by atoms with Gasteiger partial charge in [-0.2, -0.15) is 0 Å². The molecule has 1 atom stereocenters. The zero-order valence-corrected chi connectivity index (χ0v) is 10.4. The molecule has 5 heteroatoms. The van der Waals surface area contributed by atoms with Crippen molar-refractivity contribution >= 4 is 23.2 Å². The molecule has 1 aromatic rings. The molecule has 0 saturated carbocycles. The second-order valence-corrected chi connectivity index (χ2v) is 4.54. The molecule has 0 unspecified atom stereocenters. The minimum Gasteiger partial charge on any atom is -0.505 e. The molecular weight excluding hydrogens is 247 g/mol. The number of aromatic hydroxyl groups is 1. The molecule has 16 heavy (non-hydrogen) atoms. The summed E-state index contributed by atoms with van der Waals surface area (Å²) >= 11 is 11.6. The Morgan fingerprint density at radius 3 is 2.25 bits per heavy atom. The summed E-state index contributed by atoms with van der Waals surface area (Å²) in [6.07, 6.45) is 2.75. The molecule has 0 radical (unpaired) electrons. The van der Waals surface area contributed by atoms with Crippen molar-refractivity contribution in [2.45, 2.75) is 25.3 Å². The fourth-order valence-electron chi connectivity index (χ4n) is 1.47. The Kier molecular flexibility index (Phi) is 5.35. The molecule has 0 saturated heterocycles. The van der Waals surface area contributed by atoms with Crippen LogP contribution < -0.4 is 11.5 Å². The summed E-state index contributed by atoms with van der Waals surface area (Å²) in [5.41, 5.74) is 12.2. The first kappa shape index (κ1) is 13.6. The zero-order valence-electron chi connectivity index (χ0n) is 8.92. The Morgan fingerprint density at radius 2 is 1.75 bits per heavy atom. The van der Waals surface area contributed by atoms with E-state index in [0.717, 1.165) is 24.8 Å². The molecule has 0 fully saturated rings. The molecule has 0 amide bonds. The van der Waals surface area contributed by atoms with Crippen molar-refractivity contribution in [2.24, 2.45) is 11.5 Å². The number of hydrogen-bond donors (Lipinski definition) is 3. The maximum atomic E-state index is 9.41. The summed E-state index contributed by atoms with van der Waals surface area (Å²) in [7, 11) is 0. The van der Waals surface area contributed by atoms with E-state index in [1.165, 1.54) is 0 Å². The highest BCUT2D eigenvalue weighted by atomic mass is 35.5. The maximum Gasteiger partial charge on any atom is 0.152 e. The Balaban J connectivity index is 2.72. The van der Waals surface area contributed by atoms with Crippen molar-refractivity contribution in [2.75, 3.05) is 6.54 Å². The van der Waals surface area contributed by atoms with Crippen LogP contribution in [0.1, 0.15) is 30.9 Å². The van der Waals surface area contributed by atoms with Gasteiger partial charge in [-0.3, -0.25) is 0 Å². The monoisotopic (exact) mass is 262 g/mol. The standard InChI is InChI=1S/C11H16Cl2N2O/c12-8-5-7(6-9(13)11(8)16)10(15)3-1-2-4-14/h5-6,10,16H,1-4,14-15H2/t10-/m0/s1. The minimum absolute atomic E-state index is 0.0961. The van der Waals surface area contributed by atoms with Gasteiger partial charge in [0.2, 0.25) is 0 Å². The molecule has 1 rings (SSSR count). The van der Waals surface area contributed by atoms with E-state index in [1.807, 2.05) is 0 Å². The molecule has 0 heterocycles. The number of phenols is 1. The molecule has 90 valence electrons. The molecule has 1 aromatic carbocycles. The van der Waals surface area contributed by atoms with E-state index in [2.05, 4.69) is 0 Å². The van der Waals surface area contributed by atoms with E-state index in [1.54, 1.807) is 12.1 Å². The van der Waals surface area contributed by atoms with Crippen LogP contribution in [0.5, 0.6) is 5.75 Å². The third-order valence-corrected chi connectivity index (χ3v) is 3.01. The van der Waals surface area contributed by atoms with Crippen molar-refractivity contribution in [3.05, 3.63) is 27.7 Å². The highest BCUT2D eigenvalue weighted by Crippen LogP contribution is 2.34. The van der Waals surface area contributed by atoms with Gasteiger partial charge in [-0.1, -0.05) is 29.6 Å². The average molecular weight is 263 g/mol. The lowest BCUT2D eigenvalue weighted by atomic mass is 10.0. The van der Waals surface area contributed by atoms with Gasteiger partial charge in [-0.25, -0.2) is 0 Å². The fraction of sp³-hybridized carbons (Fsp3) is 0.455. The van der Waals surface area contributed by atoms with Crippen molar-refractivity contribution in [3.63, 3.8) is 0 Å². The largest absolute Gasteiger partial charge is 0.505 e. The molecule has 5 N–H and O–H groups in total. The fourth-order valence-corrected chi connectivity index (χ4v) is 1.98. The minimum atomic E-state index is -0.123. The normalized spacial score (nSPS) is 12.8. The first-order valence-electron chi connectivity index (χ1n) is 5.19. The van der Waals surface area contributed by atoms with E-state index in [9.17, 15) is 5.11 Å². The number of halogens is 2. The van der Waals surface area contributed by atoms with Gasteiger partial charge in [0.1, 0.15) is 0 Å². The lowest BCUT2D eigenvalue weighted by molar-refractivity contribution is 0.475. The third kappa shape index (κ3) is 3.52. The van der Waals surface area contributed by atoms with Gasteiger partial charge in [0, 0.05) is 6.04 Å². The predicted octanol–water partition coefficient (Wildman–Crippen LogP) is 2.83. The summed E-state index contributed by atoms with van der Waals surface area (Å²) in [5, 5.41) is 9.87. The van der Waals surface area contributed by atoms with Crippen LogP contribution in [0.4, 0.5) is 0 Å². The van der Waals surface area contributed by atoms with Crippen LogP contribution in [0.25, 0.3) is 0 Å². The molecule has 0 aliphatic rings. The number of unbranched alkanes of at least 4 members (excludes halogenated alkanes) is 1. The lowest BCUT2D eigenvalue weighted by Gasteiger charge is -2.13. The van der Waals surface area contributed by atoms with Gasteiger partial charge < -0.3 is 16.6 Å². The Morgan fingerprint density at radius 1 is 1.19 bits per heavy atom. The first-order valence-corrected chi connectivity index (χ1v) is 5.95. The van der Waals surface area contributed by atoms with E-state index >= 15 is 0 Å². The molecular formula is C11H16Cl2N2O. The van der Waals surface area contributed by atoms with Crippen LogP contribution in [0, 0.1) is 0 Å². The Hall–Kier alpha value is -0.480. The maximum absolute atomic E-state index is 9.41. The van der Waals surface area contributed by atoms with Crippen LogP contribution >= 0.6 is 23.2 Å². The second kappa shape index (κ2) is 6.30. The molecule has 0 bridgehead atoms. The van der Waals surface area contributed by atoms with Gasteiger partial charge in [0.15, 0.2) is 5.75 Å². The number of rotatable bonds is 5. The first-order chi connectivity index (χ1) is 7.56. The van der Waals surface area contributed by atoms with E-state index in [-0.39, 0.29) is 21.8 Å². The van der Waals surface area contributed by atoms with Crippen LogP contribution in [-0.2, 0) is 0 Å². The van der Waals surface area contributed by atoms with Crippen LogP contribution in [-0.4, -0.2) is 11.7 Å². The highest BCUT2D eigenvalue weighted by Gasteiger charge is 2.11. The number of phenolic OH excluding ortho intramolecular Hbond substituents is 1. The van der Waals surface area contributed by atoms with Crippen LogP contribution in [0.15, 0.2) is 12.1 Å². The van der Waals surface area contributed by atoms with E-state index in [0.29, 0.717) is 6.54 Å². The molecule has 0 aromatic heterocycles. The van der Waals surface area contributed by atoms with Crippen LogP contribution in [0.2, 0.25) is 10.0 Å². The van der Waals surface area contributed by atoms with Gasteiger partial charge >= 0.3 is 0 Å². The zero-order chi connectivity index (χ0) is 12.1. The van der Waals surface area contributed by atoms with Crippen molar-refractivity contribution in [1.29, 1.82) is 0 Å². The quantitative estimate of drug-likeness (QED) is 0.715. The predicted molar refractivity (Wildman–Crippen MR) is 68.0 cm³/mol. The van der Waals surface area contributed by atoms with Crippen molar-refractivity contribution in [1.82, 2.24) is 0 Å². The summed E-state index contributed by atoms with van der Waals surface area (Å²) in [4.78, 5) is 0. The van der Waals surface area contributed by atoms with E-state index in [4.69, 9.17) is 34.7 Å². The smallest absolute Gasteiger partial charge is 0.152 e. The topological polar surface area (TPSA) is 72.3 Å². The summed E-state index contributed by atoms with van der Waals surface area (Å²) in [5.74, 6) is -0.0961. The SMILES string of the molecule is NCCCC[C@H](N)c1cc(Cl)c(O)c(Cl)c1. The second-order valence-electron chi connectivity index (χ2n) is 3.72. The highest BCUT2D eigenvalue weighted by molar-refractivity contribution is 6.37. The van der Waals surface area contributed by atoms with Gasteiger partial charge in [0.25, 0.3) is 0 Å². The summed E-state index contributed by atoms with van der Waals surface area (Å²) in [6, 6.07) is 3.17. The average Bonchev–Trinajstić information content (AvgIpc) is 2.25.